The SMILES string of the molecule is CCC(CO)(CNC(=O)OC(C)(C)C)Cc1csc(C)n1. The molecule has 0 aliphatic carbocycles. The number of nitrogens with zero attached hydrogens (tertiary/aromatic N) is 1. The third-order valence-electron chi connectivity index (χ3n) is 3.31. The van der Waals surface area contributed by atoms with E-state index in [1.54, 1.807) is 11.3 Å². The van der Waals surface area contributed by atoms with Crippen molar-refractivity contribution < 1.29 is 14.6 Å². The van der Waals surface area contributed by atoms with Crippen molar-refractivity contribution in [3.63, 3.8) is 0 Å². The van der Waals surface area contributed by atoms with Gasteiger partial charge >= 0.3 is 6.09 Å². The fourth-order valence-corrected chi connectivity index (χ4v) is 2.60. The van der Waals surface area contributed by atoms with Crippen molar-refractivity contribution in [2.45, 2.75) is 53.1 Å². The highest BCUT2D eigenvalue weighted by Gasteiger charge is 2.30. The molecule has 0 aliphatic rings. The number of carbonyl (C=O) groups excluding carboxylic acids is 1. The van der Waals surface area contributed by atoms with E-state index in [2.05, 4.69) is 10.3 Å². The van der Waals surface area contributed by atoms with Crippen LogP contribution in [-0.2, 0) is 11.2 Å². The van der Waals surface area contributed by atoms with Crippen molar-refractivity contribution >= 4 is 17.4 Å². The average molecular weight is 314 g/mol. The Morgan fingerprint density at radius 3 is 2.57 bits per heavy atom. The van der Waals surface area contributed by atoms with Gasteiger partial charge in [-0.05, 0) is 34.1 Å². The van der Waals surface area contributed by atoms with Gasteiger partial charge in [-0.25, -0.2) is 9.78 Å². The summed E-state index contributed by atoms with van der Waals surface area (Å²) in [5, 5.41) is 15.5. The molecule has 1 unspecified atom stereocenters. The molecule has 1 rings (SSSR count). The van der Waals surface area contributed by atoms with E-state index >= 15 is 0 Å². The highest BCUT2D eigenvalue weighted by molar-refractivity contribution is 7.09. The predicted octanol–water partition coefficient (Wildman–Crippen LogP) is 2.91. The van der Waals surface area contributed by atoms with Gasteiger partial charge in [-0.1, -0.05) is 6.92 Å². The summed E-state index contributed by atoms with van der Waals surface area (Å²) in [7, 11) is 0. The molecule has 2 N–H and O–H groups in total. The van der Waals surface area contributed by atoms with Gasteiger partial charge in [0.25, 0.3) is 0 Å². The van der Waals surface area contributed by atoms with Gasteiger partial charge in [-0.3, -0.25) is 0 Å². The van der Waals surface area contributed by atoms with Crippen molar-refractivity contribution in [3.05, 3.63) is 16.1 Å². The molecule has 1 atom stereocenters. The second-order valence-electron chi connectivity index (χ2n) is 6.40. The molecular formula is C15H26N2O3S. The van der Waals surface area contributed by atoms with Crippen molar-refractivity contribution in [2.24, 2.45) is 5.41 Å². The van der Waals surface area contributed by atoms with Crippen LogP contribution in [0.2, 0.25) is 0 Å². The van der Waals surface area contributed by atoms with Gasteiger partial charge in [0.15, 0.2) is 0 Å². The van der Waals surface area contributed by atoms with Crippen LogP contribution in [0.15, 0.2) is 5.38 Å². The van der Waals surface area contributed by atoms with Crippen LogP contribution in [0, 0.1) is 12.3 Å². The van der Waals surface area contributed by atoms with Gasteiger partial charge in [-0.2, -0.15) is 0 Å². The summed E-state index contributed by atoms with van der Waals surface area (Å²) in [4.78, 5) is 16.2. The number of aliphatic hydroxyl groups is 1. The summed E-state index contributed by atoms with van der Waals surface area (Å²) in [6.07, 6.45) is 0.930. The molecule has 1 heterocycles. The molecule has 1 aromatic rings. The number of ether oxygens (including phenoxy) is 1. The molecule has 1 amide bonds. The first-order valence-corrected chi connectivity index (χ1v) is 8.06. The summed E-state index contributed by atoms with van der Waals surface area (Å²) in [6.45, 7) is 9.80. The molecule has 0 radical (unpaired) electrons. The number of hydrogen-bond donors (Lipinski definition) is 2. The molecule has 1 aromatic heterocycles. The Morgan fingerprint density at radius 1 is 1.48 bits per heavy atom. The van der Waals surface area contributed by atoms with E-state index in [-0.39, 0.29) is 6.61 Å². The van der Waals surface area contributed by atoms with E-state index in [0.29, 0.717) is 13.0 Å². The molecule has 0 saturated carbocycles. The van der Waals surface area contributed by atoms with Crippen LogP contribution in [0.25, 0.3) is 0 Å². The Balaban J connectivity index is 2.65. The molecule has 0 spiro atoms. The van der Waals surface area contributed by atoms with Crippen LogP contribution in [-0.4, -0.2) is 34.9 Å². The van der Waals surface area contributed by atoms with Gasteiger partial charge in [-0.15, -0.1) is 11.3 Å². The molecule has 21 heavy (non-hydrogen) atoms. The summed E-state index contributed by atoms with van der Waals surface area (Å²) < 4.78 is 5.23. The van der Waals surface area contributed by atoms with E-state index < -0.39 is 17.1 Å². The first kappa shape index (κ1) is 17.9. The highest BCUT2D eigenvalue weighted by Crippen LogP contribution is 2.27. The van der Waals surface area contributed by atoms with Gasteiger partial charge in [0.2, 0.25) is 0 Å². The topological polar surface area (TPSA) is 71.5 Å². The standard InChI is InChI=1S/C15H26N2O3S/c1-6-15(10-18,7-12-8-21-11(2)17-12)9-16-13(19)20-14(3,4)5/h8,18H,6-7,9-10H2,1-5H3,(H,16,19). The smallest absolute Gasteiger partial charge is 0.407 e. The molecule has 120 valence electrons. The minimum Gasteiger partial charge on any atom is -0.444 e. The number of nitrogens with one attached hydrogen (secondary N) is 1. The number of thiazole rings is 1. The third kappa shape index (κ3) is 6.01. The number of aromatic nitrogens is 1. The lowest BCUT2D eigenvalue weighted by Crippen LogP contribution is -2.43. The van der Waals surface area contributed by atoms with Crippen molar-refractivity contribution in [1.29, 1.82) is 0 Å². The molecule has 6 heteroatoms. The van der Waals surface area contributed by atoms with E-state index in [1.807, 2.05) is 40.0 Å². The van der Waals surface area contributed by atoms with Crippen LogP contribution in [0.1, 0.15) is 44.8 Å². The van der Waals surface area contributed by atoms with Crippen LogP contribution >= 0.6 is 11.3 Å². The zero-order valence-corrected chi connectivity index (χ0v) is 14.3. The lowest BCUT2D eigenvalue weighted by Gasteiger charge is -2.31. The van der Waals surface area contributed by atoms with Crippen molar-refractivity contribution in [1.82, 2.24) is 10.3 Å². The quantitative estimate of drug-likeness (QED) is 0.847. The largest absolute Gasteiger partial charge is 0.444 e. The lowest BCUT2D eigenvalue weighted by atomic mass is 9.81. The molecule has 0 aliphatic heterocycles. The molecule has 0 bridgehead atoms. The first-order chi connectivity index (χ1) is 9.69. The number of aryl methyl sites for hydroxylation is 1. The Hall–Kier alpha value is -1.14. The molecule has 0 aromatic carbocycles. The van der Waals surface area contributed by atoms with Gasteiger partial charge in [0.05, 0.1) is 17.3 Å². The Labute approximate surface area is 130 Å². The lowest BCUT2D eigenvalue weighted by molar-refractivity contribution is 0.0460. The first-order valence-electron chi connectivity index (χ1n) is 7.18. The molecule has 0 saturated heterocycles. The minimum absolute atomic E-state index is 0.00410. The molecule has 0 fully saturated rings. The second kappa shape index (κ2) is 7.22. The van der Waals surface area contributed by atoms with Crippen LogP contribution < -0.4 is 5.32 Å². The summed E-state index contributed by atoms with van der Waals surface area (Å²) >= 11 is 1.59. The van der Waals surface area contributed by atoms with Gasteiger partial charge in [0.1, 0.15) is 5.60 Å². The summed E-state index contributed by atoms with van der Waals surface area (Å²) in [6, 6.07) is 0. The molecule has 5 nitrogen and oxygen atoms in total. The van der Waals surface area contributed by atoms with Crippen LogP contribution in [0.3, 0.4) is 0 Å². The maximum absolute atomic E-state index is 11.8. The zero-order valence-electron chi connectivity index (χ0n) is 13.5. The van der Waals surface area contributed by atoms with Crippen molar-refractivity contribution in [3.8, 4) is 0 Å². The molecular weight excluding hydrogens is 288 g/mol. The fourth-order valence-electron chi connectivity index (χ4n) is 1.98. The van der Waals surface area contributed by atoms with Crippen molar-refractivity contribution in [2.75, 3.05) is 13.2 Å². The maximum Gasteiger partial charge on any atom is 0.407 e. The van der Waals surface area contributed by atoms with E-state index in [1.165, 1.54) is 0 Å². The zero-order chi connectivity index (χ0) is 16.1. The normalized spacial score (nSPS) is 14.6. The highest BCUT2D eigenvalue weighted by atomic mass is 32.1. The van der Waals surface area contributed by atoms with Gasteiger partial charge < -0.3 is 15.2 Å². The summed E-state index contributed by atoms with van der Waals surface area (Å²) in [5.41, 5.74) is 0.0288. The third-order valence-corrected chi connectivity index (χ3v) is 4.14. The number of rotatable bonds is 6. The number of hydrogen-bond acceptors (Lipinski definition) is 5. The van der Waals surface area contributed by atoms with Gasteiger partial charge in [0, 0.05) is 23.8 Å². The Bertz CT molecular complexity index is 462. The number of carbonyl (C=O) groups is 1. The fraction of sp³-hybridized carbons (Fsp3) is 0.733. The van der Waals surface area contributed by atoms with Crippen LogP contribution in [0.5, 0.6) is 0 Å². The predicted molar refractivity (Wildman–Crippen MR) is 84.6 cm³/mol. The Kier molecular flexibility index (Phi) is 6.16. The number of amides is 1. The van der Waals surface area contributed by atoms with E-state index in [0.717, 1.165) is 17.1 Å². The van der Waals surface area contributed by atoms with E-state index in [4.69, 9.17) is 4.74 Å². The van der Waals surface area contributed by atoms with E-state index in [9.17, 15) is 9.90 Å². The second-order valence-corrected chi connectivity index (χ2v) is 7.46. The number of alkyl carbamates (subject to hydrolysis) is 1. The monoisotopic (exact) mass is 314 g/mol. The van der Waals surface area contributed by atoms with Crippen LogP contribution in [0.4, 0.5) is 4.79 Å². The summed E-state index contributed by atoms with van der Waals surface area (Å²) in [5.74, 6) is 0. The number of aliphatic hydroxyl groups excluding tert-OH is 1. The average Bonchev–Trinajstić information content (AvgIpc) is 2.78. The Morgan fingerprint density at radius 2 is 2.14 bits per heavy atom. The maximum atomic E-state index is 11.8. The minimum atomic E-state index is -0.524.